The zero-order valence-electron chi connectivity index (χ0n) is 9.71. The number of rotatable bonds is 6. The number of benzene rings is 1. The summed E-state index contributed by atoms with van der Waals surface area (Å²) < 4.78 is 1.04. The predicted molar refractivity (Wildman–Crippen MR) is 80.5 cm³/mol. The quantitative estimate of drug-likeness (QED) is 0.621. The molecule has 1 aliphatic rings. The van der Waals surface area contributed by atoms with Gasteiger partial charge in [0, 0.05) is 22.3 Å². The summed E-state index contributed by atoms with van der Waals surface area (Å²) in [5.41, 5.74) is 7.66. The van der Waals surface area contributed by atoms with E-state index in [4.69, 9.17) is 18.0 Å². The lowest BCUT2D eigenvalue weighted by molar-refractivity contribution is 0.687. The lowest BCUT2D eigenvalue weighted by Gasteiger charge is -2.11. The van der Waals surface area contributed by atoms with Crippen molar-refractivity contribution in [3.63, 3.8) is 0 Å². The smallest absolute Gasteiger partial charge is 0.106 e. The van der Waals surface area contributed by atoms with E-state index in [1.54, 1.807) is 0 Å². The van der Waals surface area contributed by atoms with Gasteiger partial charge in [-0.1, -0.05) is 41.0 Å². The molecule has 3 N–H and O–H groups in total. The third kappa shape index (κ3) is 3.96. The molecule has 0 spiro atoms. The van der Waals surface area contributed by atoms with Crippen molar-refractivity contribution >= 4 is 38.8 Å². The summed E-state index contributed by atoms with van der Waals surface area (Å²) in [4.78, 5) is 0.446. The van der Waals surface area contributed by atoms with Crippen LogP contribution >= 0.6 is 28.1 Å². The number of hydrogen-bond donors (Lipinski definition) is 2. The van der Waals surface area contributed by atoms with Crippen LogP contribution < -0.4 is 11.1 Å². The van der Waals surface area contributed by atoms with E-state index in [-0.39, 0.29) is 0 Å². The van der Waals surface area contributed by atoms with Crippen LogP contribution in [0.25, 0.3) is 0 Å². The Balaban J connectivity index is 1.92. The lowest BCUT2D eigenvalue weighted by atomic mass is 10.1. The number of halogens is 1. The standard InChI is InChI=1S/C13H17BrN2S/c14-10-5-6-11(13(15)17)12(8-10)16-7-1-2-9-3-4-9/h5-6,8-9,16H,1-4,7H2,(H2,15,17). The molecule has 0 radical (unpaired) electrons. The molecular formula is C13H17BrN2S. The molecule has 0 aromatic heterocycles. The molecule has 17 heavy (non-hydrogen) atoms. The summed E-state index contributed by atoms with van der Waals surface area (Å²) in [6, 6.07) is 5.95. The van der Waals surface area contributed by atoms with Crippen molar-refractivity contribution in [1.82, 2.24) is 0 Å². The highest BCUT2D eigenvalue weighted by Crippen LogP contribution is 2.33. The minimum atomic E-state index is 0.446. The molecular weight excluding hydrogens is 296 g/mol. The van der Waals surface area contributed by atoms with E-state index in [0.717, 1.165) is 28.2 Å². The Morgan fingerprint density at radius 1 is 1.47 bits per heavy atom. The minimum absolute atomic E-state index is 0.446. The molecule has 0 aliphatic heterocycles. The van der Waals surface area contributed by atoms with Gasteiger partial charge in [-0.3, -0.25) is 0 Å². The zero-order chi connectivity index (χ0) is 12.3. The summed E-state index contributed by atoms with van der Waals surface area (Å²) in [6.07, 6.45) is 5.40. The van der Waals surface area contributed by atoms with E-state index in [2.05, 4.69) is 21.2 Å². The highest BCUT2D eigenvalue weighted by Gasteiger charge is 2.19. The van der Waals surface area contributed by atoms with Crippen LogP contribution in [0.2, 0.25) is 0 Å². The average molecular weight is 313 g/mol. The summed E-state index contributed by atoms with van der Waals surface area (Å²) >= 11 is 8.51. The van der Waals surface area contributed by atoms with Gasteiger partial charge < -0.3 is 11.1 Å². The third-order valence-electron chi connectivity index (χ3n) is 3.05. The number of nitrogens with one attached hydrogen (secondary N) is 1. The van der Waals surface area contributed by atoms with Crippen molar-refractivity contribution in [2.24, 2.45) is 11.7 Å². The van der Waals surface area contributed by atoms with Gasteiger partial charge in [0.15, 0.2) is 0 Å². The van der Waals surface area contributed by atoms with Crippen LogP contribution in [-0.4, -0.2) is 11.5 Å². The van der Waals surface area contributed by atoms with E-state index in [9.17, 15) is 0 Å². The van der Waals surface area contributed by atoms with Crippen molar-refractivity contribution < 1.29 is 0 Å². The molecule has 0 heterocycles. The second kappa shape index (κ2) is 5.83. The topological polar surface area (TPSA) is 38.0 Å². The fourth-order valence-electron chi connectivity index (χ4n) is 1.90. The largest absolute Gasteiger partial charge is 0.389 e. The second-order valence-electron chi connectivity index (χ2n) is 4.57. The second-order valence-corrected chi connectivity index (χ2v) is 5.92. The Morgan fingerprint density at radius 3 is 2.88 bits per heavy atom. The van der Waals surface area contributed by atoms with E-state index in [1.807, 2.05) is 18.2 Å². The molecule has 4 heteroatoms. The van der Waals surface area contributed by atoms with Crippen LogP contribution in [-0.2, 0) is 0 Å². The van der Waals surface area contributed by atoms with E-state index >= 15 is 0 Å². The Bertz CT molecular complexity index is 416. The Kier molecular flexibility index (Phi) is 4.40. The number of thiocarbonyl (C=S) groups is 1. The molecule has 2 nitrogen and oxygen atoms in total. The summed E-state index contributed by atoms with van der Waals surface area (Å²) in [6.45, 7) is 0.989. The Hall–Kier alpha value is -0.610. The minimum Gasteiger partial charge on any atom is -0.389 e. The van der Waals surface area contributed by atoms with Gasteiger partial charge in [0.2, 0.25) is 0 Å². The van der Waals surface area contributed by atoms with Gasteiger partial charge in [-0.2, -0.15) is 0 Å². The maximum atomic E-state index is 5.70. The average Bonchev–Trinajstić information content (AvgIpc) is 3.08. The van der Waals surface area contributed by atoms with Gasteiger partial charge in [0.1, 0.15) is 4.99 Å². The fraction of sp³-hybridized carbons (Fsp3) is 0.462. The van der Waals surface area contributed by atoms with Crippen molar-refractivity contribution in [2.75, 3.05) is 11.9 Å². The van der Waals surface area contributed by atoms with Crippen LogP contribution in [0.5, 0.6) is 0 Å². The van der Waals surface area contributed by atoms with Gasteiger partial charge >= 0.3 is 0 Å². The molecule has 1 saturated carbocycles. The number of anilines is 1. The SMILES string of the molecule is NC(=S)c1ccc(Br)cc1NCCCC1CC1. The first-order valence-corrected chi connectivity index (χ1v) is 7.20. The first-order valence-electron chi connectivity index (χ1n) is 6.00. The van der Waals surface area contributed by atoms with Gasteiger partial charge in [-0.25, -0.2) is 0 Å². The summed E-state index contributed by atoms with van der Waals surface area (Å²) in [5.74, 6) is 0.995. The summed E-state index contributed by atoms with van der Waals surface area (Å²) in [7, 11) is 0. The maximum Gasteiger partial charge on any atom is 0.106 e. The molecule has 0 saturated heterocycles. The van der Waals surface area contributed by atoms with Gasteiger partial charge in [0.25, 0.3) is 0 Å². The van der Waals surface area contributed by atoms with Crippen LogP contribution in [0.4, 0.5) is 5.69 Å². The number of hydrogen-bond acceptors (Lipinski definition) is 2. The van der Waals surface area contributed by atoms with Crippen LogP contribution in [0.15, 0.2) is 22.7 Å². The highest BCUT2D eigenvalue weighted by atomic mass is 79.9. The molecule has 1 aromatic carbocycles. The molecule has 0 unspecified atom stereocenters. The van der Waals surface area contributed by atoms with Crippen molar-refractivity contribution in [3.05, 3.63) is 28.2 Å². The maximum absolute atomic E-state index is 5.70. The molecule has 1 aliphatic carbocycles. The lowest BCUT2D eigenvalue weighted by Crippen LogP contribution is -2.13. The van der Waals surface area contributed by atoms with Crippen LogP contribution in [0.1, 0.15) is 31.2 Å². The van der Waals surface area contributed by atoms with E-state index in [0.29, 0.717) is 4.99 Å². The third-order valence-corrected chi connectivity index (χ3v) is 3.76. The zero-order valence-corrected chi connectivity index (χ0v) is 12.1. The monoisotopic (exact) mass is 312 g/mol. The van der Waals surface area contributed by atoms with E-state index < -0.39 is 0 Å². The fourth-order valence-corrected chi connectivity index (χ4v) is 2.44. The normalized spacial score (nSPS) is 14.6. The molecule has 0 amide bonds. The Morgan fingerprint density at radius 2 is 2.24 bits per heavy atom. The first kappa shape index (κ1) is 12.8. The first-order chi connectivity index (χ1) is 8.16. The van der Waals surface area contributed by atoms with Crippen molar-refractivity contribution in [2.45, 2.75) is 25.7 Å². The molecule has 1 fully saturated rings. The molecule has 2 rings (SSSR count). The Labute approximate surface area is 116 Å². The van der Waals surface area contributed by atoms with E-state index in [1.165, 1.54) is 25.7 Å². The molecule has 0 atom stereocenters. The molecule has 0 bridgehead atoms. The van der Waals surface area contributed by atoms with Crippen LogP contribution in [0, 0.1) is 5.92 Å². The predicted octanol–water partition coefficient (Wildman–Crippen LogP) is 3.69. The highest BCUT2D eigenvalue weighted by molar-refractivity contribution is 9.10. The van der Waals surface area contributed by atoms with Crippen molar-refractivity contribution in [3.8, 4) is 0 Å². The van der Waals surface area contributed by atoms with Gasteiger partial charge in [-0.15, -0.1) is 0 Å². The number of nitrogens with two attached hydrogens (primary N) is 1. The molecule has 92 valence electrons. The van der Waals surface area contributed by atoms with Crippen LogP contribution in [0.3, 0.4) is 0 Å². The molecule has 1 aromatic rings. The van der Waals surface area contributed by atoms with Gasteiger partial charge in [0.05, 0.1) is 0 Å². The van der Waals surface area contributed by atoms with Crippen molar-refractivity contribution in [1.29, 1.82) is 0 Å². The summed E-state index contributed by atoms with van der Waals surface area (Å²) in [5, 5.41) is 3.42. The van der Waals surface area contributed by atoms with Gasteiger partial charge in [-0.05, 0) is 37.0 Å².